The van der Waals surface area contributed by atoms with Crippen molar-refractivity contribution in [2.45, 2.75) is 36.5 Å². The molecule has 1 fully saturated rings. The van der Waals surface area contributed by atoms with Crippen LogP contribution in [0, 0.1) is 0 Å². The summed E-state index contributed by atoms with van der Waals surface area (Å²) in [5, 5.41) is 0. The predicted molar refractivity (Wildman–Crippen MR) is 69.5 cm³/mol. The zero-order chi connectivity index (χ0) is 12.5. The number of hydrogen-bond acceptors (Lipinski definition) is 2. The molecule has 1 heterocycles. The minimum absolute atomic E-state index is 0.409. The third-order valence-corrected chi connectivity index (χ3v) is 3.65. The van der Waals surface area contributed by atoms with Gasteiger partial charge in [-0.15, -0.1) is 23.2 Å². The van der Waals surface area contributed by atoms with Crippen LogP contribution in [-0.2, 0) is 15.9 Å². The Balaban J connectivity index is 2.20. The molecule has 1 aromatic rings. The number of rotatable bonds is 3. The van der Waals surface area contributed by atoms with Crippen LogP contribution in [-0.4, -0.2) is 22.8 Å². The lowest BCUT2D eigenvalue weighted by Crippen LogP contribution is -2.42. The molecule has 1 saturated heterocycles. The topological polar surface area (TPSA) is 18.5 Å². The van der Waals surface area contributed by atoms with E-state index in [1.165, 1.54) is 0 Å². The third-order valence-electron chi connectivity index (χ3n) is 2.86. The average Bonchev–Trinajstić information content (AvgIpc) is 2.57. The molecule has 94 valence electrons. The monoisotopic (exact) mass is 274 g/mol. The Hall–Kier alpha value is -0.280. The molecule has 0 aromatic heterocycles. The molecule has 1 atom stereocenters. The van der Waals surface area contributed by atoms with Crippen LogP contribution in [0.15, 0.2) is 30.3 Å². The molecular formula is C13H16Cl2O2. The Kier molecular flexibility index (Phi) is 3.69. The lowest BCUT2D eigenvalue weighted by molar-refractivity contribution is -0.158. The lowest BCUT2D eigenvalue weighted by Gasteiger charge is -2.30. The maximum absolute atomic E-state index is 6.08. The van der Waals surface area contributed by atoms with Crippen molar-refractivity contribution in [2.24, 2.45) is 0 Å². The van der Waals surface area contributed by atoms with Crippen LogP contribution in [0.3, 0.4) is 0 Å². The van der Waals surface area contributed by atoms with Gasteiger partial charge in [0.2, 0.25) is 0 Å². The maximum atomic E-state index is 6.08. The summed E-state index contributed by atoms with van der Waals surface area (Å²) in [6.45, 7) is 4.15. The second-order valence-corrected chi connectivity index (χ2v) is 5.91. The molecule has 0 saturated carbocycles. The first-order chi connectivity index (χ1) is 7.94. The molecule has 2 rings (SSSR count). The van der Waals surface area contributed by atoms with Crippen molar-refractivity contribution in [1.82, 2.24) is 0 Å². The predicted octanol–water partition coefficient (Wildman–Crippen LogP) is 3.55. The van der Waals surface area contributed by atoms with E-state index in [9.17, 15) is 0 Å². The van der Waals surface area contributed by atoms with Crippen LogP contribution in [0.2, 0.25) is 0 Å². The van der Waals surface area contributed by atoms with Gasteiger partial charge in [-0.3, -0.25) is 0 Å². The summed E-state index contributed by atoms with van der Waals surface area (Å²) in [7, 11) is 0. The van der Waals surface area contributed by atoms with E-state index >= 15 is 0 Å². The SMILES string of the molecule is CC1(C)OC[C@@](Cc2ccccc2)(C(Cl)Cl)O1. The van der Waals surface area contributed by atoms with Crippen LogP contribution in [0.4, 0.5) is 0 Å². The molecular weight excluding hydrogens is 259 g/mol. The summed E-state index contributed by atoms with van der Waals surface area (Å²) < 4.78 is 11.5. The molecule has 4 heteroatoms. The van der Waals surface area contributed by atoms with Gasteiger partial charge < -0.3 is 9.47 Å². The molecule has 0 bridgehead atoms. The van der Waals surface area contributed by atoms with Gasteiger partial charge in [0.05, 0.1) is 6.61 Å². The highest BCUT2D eigenvalue weighted by atomic mass is 35.5. The molecule has 0 aliphatic carbocycles. The number of ether oxygens (including phenoxy) is 2. The van der Waals surface area contributed by atoms with Gasteiger partial charge in [-0.25, -0.2) is 0 Å². The van der Waals surface area contributed by atoms with E-state index in [1.807, 2.05) is 44.2 Å². The number of benzene rings is 1. The van der Waals surface area contributed by atoms with Crippen molar-refractivity contribution in [3.05, 3.63) is 35.9 Å². The summed E-state index contributed by atoms with van der Waals surface area (Å²) in [4.78, 5) is -0.621. The van der Waals surface area contributed by atoms with E-state index in [2.05, 4.69) is 0 Å². The van der Waals surface area contributed by atoms with Crippen LogP contribution < -0.4 is 0 Å². The molecule has 0 amide bonds. The molecule has 1 aliphatic rings. The Labute approximate surface area is 112 Å². The minimum atomic E-state index is -0.659. The van der Waals surface area contributed by atoms with Crippen LogP contribution in [0.5, 0.6) is 0 Å². The van der Waals surface area contributed by atoms with Gasteiger partial charge in [0, 0.05) is 6.42 Å². The largest absolute Gasteiger partial charge is 0.347 e. The van der Waals surface area contributed by atoms with Crippen molar-refractivity contribution >= 4 is 23.2 Å². The Morgan fingerprint density at radius 2 is 1.88 bits per heavy atom. The molecule has 0 radical (unpaired) electrons. The first kappa shape index (κ1) is 13.2. The van der Waals surface area contributed by atoms with E-state index in [0.717, 1.165) is 5.56 Å². The van der Waals surface area contributed by atoms with Crippen LogP contribution in [0.1, 0.15) is 19.4 Å². The average molecular weight is 275 g/mol. The smallest absolute Gasteiger partial charge is 0.163 e. The van der Waals surface area contributed by atoms with Gasteiger partial charge >= 0.3 is 0 Å². The van der Waals surface area contributed by atoms with E-state index in [-0.39, 0.29) is 0 Å². The van der Waals surface area contributed by atoms with Gasteiger partial charge in [0.1, 0.15) is 10.4 Å². The summed E-state index contributed by atoms with van der Waals surface area (Å²) in [6.07, 6.45) is 0.648. The van der Waals surface area contributed by atoms with E-state index < -0.39 is 16.2 Å². The zero-order valence-corrected chi connectivity index (χ0v) is 11.5. The number of hydrogen-bond donors (Lipinski definition) is 0. The third kappa shape index (κ3) is 2.94. The fourth-order valence-electron chi connectivity index (χ4n) is 2.06. The molecule has 2 nitrogen and oxygen atoms in total. The van der Waals surface area contributed by atoms with Gasteiger partial charge in [-0.2, -0.15) is 0 Å². The van der Waals surface area contributed by atoms with Crippen molar-refractivity contribution in [2.75, 3.05) is 6.61 Å². The highest BCUT2D eigenvalue weighted by molar-refractivity contribution is 6.45. The van der Waals surface area contributed by atoms with Crippen molar-refractivity contribution < 1.29 is 9.47 Å². The molecule has 0 N–H and O–H groups in total. The molecule has 17 heavy (non-hydrogen) atoms. The van der Waals surface area contributed by atoms with E-state index in [0.29, 0.717) is 13.0 Å². The van der Waals surface area contributed by atoms with Crippen molar-refractivity contribution in [3.8, 4) is 0 Å². The fraction of sp³-hybridized carbons (Fsp3) is 0.538. The normalized spacial score (nSPS) is 27.6. The quantitative estimate of drug-likeness (QED) is 0.785. The summed E-state index contributed by atoms with van der Waals surface area (Å²) in [5.74, 6) is -0.628. The maximum Gasteiger partial charge on any atom is 0.163 e. The van der Waals surface area contributed by atoms with Gasteiger partial charge in [-0.1, -0.05) is 30.3 Å². The highest BCUT2D eigenvalue weighted by Crippen LogP contribution is 2.39. The number of alkyl halides is 2. The summed E-state index contributed by atoms with van der Waals surface area (Å²) in [5.41, 5.74) is 0.480. The molecule has 0 spiro atoms. The number of halogens is 2. The fourth-order valence-corrected chi connectivity index (χ4v) is 2.43. The van der Waals surface area contributed by atoms with Crippen LogP contribution >= 0.6 is 23.2 Å². The van der Waals surface area contributed by atoms with Crippen molar-refractivity contribution in [3.63, 3.8) is 0 Å². The molecule has 1 aromatic carbocycles. The van der Waals surface area contributed by atoms with E-state index in [4.69, 9.17) is 32.7 Å². The first-order valence-electron chi connectivity index (χ1n) is 5.60. The van der Waals surface area contributed by atoms with Gasteiger partial charge in [0.15, 0.2) is 5.79 Å². The second kappa shape index (κ2) is 4.77. The van der Waals surface area contributed by atoms with Gasteiger partial charge in [0.25, 0.3) is 0 Å². The van der Waals surface area contributed by atoms with Crippen LogP contribution in [0.25, 0.3) is 0 Å². The van der Waals surface area contributed by atoms with E-state index in [1.54, 1.807) is 0 Å². The molecule has 0 unspecified atom stereocenters. The highest BCUT2D eigenvalue weighted by Gasteiger charge is 2.49. The summed E-state index contributed by atoms with van der Waals surface area (Å²) >= 11 is 12.2. The first-order valence-corrected chi connectivity index (χ1v) is 6.47. The Bertz CT molecular complexity index is 378. The minimum Gasteiger partial charge on any atom is -0.347 e. The van der Waals surface area contributed by atoms with Gasteiger partial charge in [-0.05, 0) is 19.4 Å². The van der Waals surface area contributed by atoms with Crippen molar-refractivity contribution in [1.29, 1.82) is 0 Å². The Morgan fingerprint density at radius 1 is 1.24 bits per heavy atom. The molecule has 1 aliphatic heterocycles. The lowest BCUT2D eigenvalue weighted by atomic mass is 9.97. The second-order valence-electron chi connectivity index (χ2n) is 4.82. The zero-order valence-electron chi connectivity index (χ0n) is 9.95. The Morgan fingerprint density at radius 3 is 2.35 bits per heavy atom. The standard InChI is InChI=1S/C13H16Cl2O2/c1-12(2)16-9-13(17-12,11(14)15)8-10-6-4-3-5-7-10/h3-7,11H,8-9H2,1-2H3/t13-/m0/s1. The summed E-state index contributed by atoms with van der Waals surface area (Å²) in [6, 6.07) is 10.0.